The summed E-state index contributed by atoms with van der Waals surface area (Å²) in [6.45, 7) is 6.65. The molecule has 1 atom stereocenters. The van der Waals surface area contributed by atoms with Crippen molar-refractivity contribution in [2.24, 2.45) is 11.1 Å². The van der Waals surface area contributed by atoms with Gasteiger partial charge in [-0.25, -0.2) is 13.6 Å². The molecule has 7 nitrogen and oxygen atoms in total. The van der Waals surface area contributed by atoms with E-state index in [4.69, 9.17) is 14.3 Å². The second-order valence-electron chi connectivity index (χ2n) is 4.78. The monoisotopic (exact) mass is 382 g/mol. The summed E-state index contributed by atoms with van der Waals surface area (Å²) in [6, 6.07) is 0.881. The Morgan fingerprint density at radius 1 is 1.52 bits per heavy atom. The fourth-order valence-corrected chi connectivity index (χ4v) is 3.05. The predicted molar refractivity (Wildman–Crippen MR) is 80.4 cm³/mol. The molecule has 1 unspecified atom stereocenters. The third-order valence-corrected chi connectivity index (χ3v) is 4.58. The number of carbonyl (C=O) groups excluding carboxylic acids is 1. The van der Waals surface area contributed by atoms with E-state index in [-0.39, 0.29) is 27.3 Å². The first-order valence-electron chi connectivity index (χ1n) is 6.37. The highest BCUT2D eigenvalue weighted by Crippen LogP contribution is 2.25. The quantitative estimate of drug-likeness (QED) is 0.741. The van der Waals surface area contributed by atoms with E-state index in [9.17, 15) is 13.2 Å². The first kappa shape index (κ1) is 18.1. The number of sulfonamides is 1. The number of carbonyl (C=O) groups is 1. The highest BCUT2D eigenvalue weighted by Gasteiger charge is 2.24. The van der Waals surface area contributed by atoms with Gasteiger partial charge in [-0.05, 0) is 28.8 Å². The number of amides is 1. The predicted octanol–water partition coefficient (Wildman–Crippen LogP) is 1.48. The van der Waals surface area contributed by atoms with E-state index < -0.39 is 15.9 Å². The molecule has 1 aromatic heterocycles. The summed E-state index contributed by atoms with van der Waals surface area (Å²) in [5, 5.41) is 7.76. The highest BCUT2D eigenvalue weighted by molar-refractivity contribution is 9.10. The molecule has 0 fully saturated rings. The van der Waals surface area contributed by atoms with Crippen LogP contribution in [-0.4, -0.2) is 33.6 Å². The lowest BCUT2D eigenvalue weighted by molar-refractivity contribution is 0.0782. The number of halogens is 1. The first-order valence-corrected chi connectivity index (χ1v) is 8.71. The fourth-order valence-electron chi connectivity index (χ4n) is 1.54. The van der Waals surface area contributed by atoms with E-state index in [1.165, 1.54) is 0 Å². The number of nitrogens with one attached hydrogen (secondary N) is 1. The van der Waals surface area contributed by atoms with Crippen LogP contribution in [0.2, 0.25) is 0 Å². The van der Waals surface area contributed by atoms with Crippen molar-refractivity contribution < 1.29 is 22.4 Å². The highest BCUT2D eigenvalue weighted by atomic mass is 79.9. The zero-order valence-corrected chi connectivity index (χ0v) is 14.5. The number of ether oxygens (including phenoxy) is 1. The van der Waals surface area contributed by atoms with Crippen molar-refractivity contribution in [3.8, 4) is 0 Å². The number of rotatable bonds is 7. The number of furan rings is 1. The third-order valence-electron chi connectivity index (χ3n) is 2.81. The minimum Gasteiger partial charge on any atom is -0.443 e. The van der Waals surface area contributed by atoms with Gasteiger partial charge in [-0.15, -0.1) is 0 Å². The maximum atomic E-state index is 12.1. The molecule has 1 aromatic rings. The van der Waals surface area contributed by atoms with Crippen LogP contribution in [0.5, 0.6) is 0 Å². The molecule has 0 aliphatic rings. The fraction of sp³-hybridized carbons (Fsp3) is 0.583. The van der Waals surface area contributed by atoms with Crippen LogP contribution in [0.4, 0.5) is 0 Å². The zero-order valence-electron chi connectivity index (χ0n) is 12.1. The number of nitrogens with two attached hydrogens (primary N) is 1. The Morgan fingerprint density at radius 3 is 2.57 bits per heavy atom. The summed E-state index contributed by atoms with van der Waals surface area (Å²) in [5.74, 6) is -0.506. The van der Waals surface area contributed by atoms with Gasteiger partial charge in [-0.2, -0.15) is 0 Å². The van der Waals surface area contributed by atoms with Gasteiger partial charge < -0.3 is 14.5 Å². The molecule has 21 heavy (non-hydrogen) atoms. The van der Waals surface area contributed by atoms with Crippen LogP contribution >= 0.6 is 15.9 Å². The van der Waals surface area contributed by atoms with Gasteiger partial charge in [0.15, 0.2) is 10.4 Å². The largest absolute Gasteiger partial charge is 0.443 e. The molecule has 1 amide bonds. The van der Waals surface area contributed by atoms with E-state index in [1.54, 1.807) is 0 Å². The zero-order chi connectivity index (χ0) is 16.2. The molecule has 0 aromatic carbocycles. The lowest BCUT2D eigenvalue weighted by Gasteiger charge is -2.21. The van der Waals surface area contributed by atoms with Gasteiger partial charge in [0.1, 0.15) is 4.90 Å². The van der Waals surface area contributed by atoms with Crippen LogP contribution in [0.1, 0.15) is 31.3 Å². The summed E-state index contributed by atoms with van der Waals surface area (Å²) in [6.07, 6.45) is 0. The number of hydrogen-bond donors (Lipinski definition) is 2. The van der Waals surface area contributed by atoms with Crippen LogP contribution in [0.25, 0.3) is 0 Å². The molecule has 0 saturated heterocycles. The van der Waals surface area contributed by atoms with E-state index in [0.29, 0.717) is 13.2 Å². The lowest BCUT2D eigenvalue weighted by atomic mass is 10.1. The van der Waals surface area contributed by atoms with Crippen LogP contribution in [-0.2, 0) is 14.8 Å². The smallest absolute Gasteiger partial charge is 0.287 e. The van der Waals surface area contributed by atoms with Gasteiger partial charge in [0.25, 0.3) is 5.91 Å². The second-order valence-corrected chi connectivity index (χ2v) is 7.03. The van der Waals surface area contributed by atoms with E-state index in [1.807, 2.05) is 20.8 Å². The Kier molecular flexibility index (Phi) is 6.39. The average molecular weight is 383 g/mol. The van der Waals surface area contributed by atoms with Gasteiger partial charge in [0, 0.05) is 12.7 Å². The molecule has 0 radical (unpaired) electrons. The molecule has 0 bridgehead atoms. The summed E-state index contributed by atoms with van der Waals surface area (Å²) >= 11 is 2.93. The molecule has 3 N–H and O–H groups in total. The maximum Gasteiger partial charge on any atom is 0.287 e. The molecule has 0 spiro atoms. The molecule has 1 heterocycles. The van der Waals surface area contributed by atoms with Crippen molar-refractivity contribution in [3.05, 3.63) is 16.5 Å². The third kappa shape index (κ3) is 5.10. The summed E-state index contributed by atoms with van der Waals surface area (Å²) in [5.41, 5.74) is 0. The second kappa shape index (κ2) is 7.39. The summed E-state index contributed by atoms with van der Waals surface area (Å²) in [7, 11) is -3.95. The molecule has 9 heteroatoms. The topological polar surface area (TPSA) is 112 Å². The Morgan fingerprint density at radius 2 is 2.14 bits per heavy atom. The van der Waals surface area contributed by atoms with Crippen molar-refractivity contribution in [1.29, 1.82) is 0 Å². The van der Waals surface area contributed by atoms with Gasteiger partial charge >= 0.3 is 0 Å². The maximum absolute atomic E-state index is 12.1. The van der Waals surface area contributed by atoms with Crippen molar-refractivity contribution in [2.45, 2.75) is 31.7 Å². The van der Waals surface area contributed by atoms with Crippen LogP contribution < -0.4 is 10.5 Å². The minimum atomic E-state index is -3.95. The Labute approximate surface area is 132 Å². The van der Waals surface area contributed by atoms with Gasteiger partial charge in [0.05, 0.1) is 12.6 Å². The Balaban J connectivity index is 2.88. The molecule has 120 valence electrons. The number of hydrogen-bond acceptors (Lipinski definition) is 5. The molecule has 0 saturated carbocycles. The Bertz CT molecular complexity index is 597. The number of primary sulfonamides is 1. The molecular weight excluding hydrogens is 364 g/mol. The summed E-state index contributed by atoms with van der Waals surface area (Å²) in [4.78, 5) is 11.8. The van der Waals surface area contributed by atoms with Gasteiger partial charge in [-0.3, -0.25) is 4.79 Å². The van der Waals surface area contributed by atoms with Crippen LogP contribution in [0, 0.1) is 5.92 Å². The normalized spacial score (nSPS) is 13.4. The van der Waals surface area contributed by atoms with E-state index in [0.717, 1.165) is 6.07 Å². The SMILES string of the molecule is CCOCC(NC(=O)c1cc(S(N)(=O)=O)c(Br)o1)C(C)C. The van der Waals surface area contributed by atoms with Crippen molar-refractivity contribution in [3.63, 3.8) is 0 Å². The van der Waals surface area contributed by atoms with Crippen molar-refractivity contribution >= 4 is 31.9 Å². The molecule has 1 rings (SSSR count). The van der Waals surface area contributed by atoms with Gasteiger partial charge in [0.2, 0.25) is 10.0 Å². The van der Waals surface area contributed by atoms with Crippen LogP contribution in [0.15, 0.2) is 20.0 Å². The molecule has 0 aliphatic heterocycles. The molecular formula is C12H19BrN2O5S. The minimum absolute atomic E-state index is 0.0962. The average Bonchev–Trinajstić information content (AvgIpc) is 2.76. The first-order chi connectivity index (χ1) is 9.66. The molecule has 0 aliphatic carbocycles. The van der Waals surface area contributed by atoms with Crippen molar-refractivity contribution in [2.75, 3.05) is 13.2 Å². The van der Waals surface area contributed by atoms with Crippen LogP contribution in [0.3, 0.4) is 0 Å². The van der Waals surface area contributed by atoms with E-state index in [2.05, 4.69) is 21.2 Å². The standard InChI is InChI=1S/C12H19BrN2O5S/c1-4-19-6-8(7(2)3)15-12(16)9-5-10(11(13)20-9)21(14,17)18/h5,7-8H,4,6H2,1-3H3,(H,15,16)(H2,14,17,18). The van der Waals surface area contributed by atoms with E-state index >= 15 is 0 Å². The lowest BCUT2D eigenvalue weighted by Crippen LogP contribution is -2.41. The summed E-state index contributed by atoms with van der Waals surface area (Å²) < 4.78 is 32.9. The van der Waals surface area contributed by atoms with Crippen molar-refractivity contribution in [1.82, 2.24) is 5.32 Å². The Hall–Kier alpha value is -0.900. The van der Waals surface area contributed by atoms with Gasteiger partial charge in [-0.1, -0.05) is 13.8 Å².